The lowest BCUT2D eigenvalue weighted by molar-refractivity contribution is 0.0824. The monoisotopic (exact) mass is 258 g/mol. The Morgan fingerprint density at radius 3 is 2.08 bits per heavy atom. The predicted molar refractivity (Wildman–Crippen MR) is 48.8 cm³/mol. The van der Waals surface area contributed by atoms with Crippen LogP contribution < -0.4 is 0 Å². The SMILES string of the molecule is O=P(Cl)(Cl)C(F)(F)CCCCCl. The minimum absolute atomic E-state index is 0.167. The zero-order valence-corrected chi connectivity index (χ0v) is 9.24. The highest BCUT2D eigenvalue weighted by Gasteiger charge is 2.46. The van der Waals surface area contributed by atoms with Crippen molar-refractivity contribution < 1.29 is 13.3 Å². The van der Waals surface area contributed by atoms with Gasteiger partial charge in [0.1, 0.15) is 0 Å². The summed E-state index contributed by atoms with van der Waals surface area (Å²) in [5.41, 5.74) is -3.48. The molecule has 0 rings (SSSR count). The molecule has 74 valence electrons. The third-order valence-electron chi connectivity index (χ3n) is 1.24. The third-order valence-corrected chi connectivity index (χ3v) is 3.98. The molecule has 0 aliphatic rings. The Hall–Kier alpha value is 0.960. The van der Waals surface area contributed by atoms with E-state index < -0.39 is 17.9 Å². The van der Waals surface area contributed by atoms with E-state index in [-0.39, 0.29) is 6.42 Å². The van der Waals surface area contributed by atoms with Gasteiger partial charge in [0.05, 0.1) is 0 Å². The standard InChI is InChI=1S/C5H8Cl3F2OP/c6-4-2-1-3-5(9,10)12(7,8)11/h1-4H2. The number of hydrogen-bond acceptors (Lipinski definition) is 1. The number of unbranched alkanes of at least 4 members (excludes halogenated alkanes) is 1. The van der Waals surface area contributed by atoms with Gasteiger partial charge in [-0.25, -0.2) is 0 Å². The normalized spacial score (nSPS) is 13.4. The van der Waals surface area contributed by atoms with Crippen LogP contribution in [0.1, 0.15) is 19.3 Å². The first kappa shape index (κ1) is 13.0. The van der Waals surface area contributed by atoms with Gasteiger partial charge in [0.25, 0.3) is 0 Å². The summed E-state index contributed by atoms with van der Waals surface area (Å²) in [7, 11) is 0. The average molecular weight is 259 g/mol. The first-order valence-electron chi connectivity index (χ1n) is 3.24. The van der Waals surface area contributed by atoms with E-state index in [9.17, 15) is 13.3 Å². The molecule has 0 heterocycles. The number of halogens is 5. The maximum Gasteiger partial charge on any atom is 0.325 e. The Bertz CT molecular complexity index is 182. The lowest BCUT2D eigenvalue weighted by atomic mass is 10.2. The average Bonchev–Trinajstić information content (AvgIpc) is 1.85. The first-order chi connectivity index (χ1) is 5.31. The highest BCUT2D eigenvalue weighted by molar-refractivity contribution is 8.09. The fourth-order valence-corrected chi connectivity index (χ4v) is 1.68. The molecular formula is C5H8Cl3F2OP. The van der Waals surface area contributed by atoms with Crippen LogP contribution in [0.25, 0.3) is 0 Å². The van der Waals surface area contributed by atoms with Crippen LogP contribution in [0.3, 0.4) is 0 Å². The first-order valence-corrected chi connectivity index (χ1v) is 7.29. The molecule has 0 aliphatic heterocycles. The van der Waals surface area contributed by atoms with Gasteiger partial charge in [0.2, 0.25) is 0 Å². The van der Waals surface area contributed by atoms with Crippen molar-refractivity contribution in [2.75, 3.05) is 5.88 Å². The smallest absolute Gasteiger partial charge is 0.283 e. The molecule has 0 aliphatic carbocycles. The maximum atomic E-state index is 12.7. The van der Waals surface area contributed by atoms with Crippen LogP contribution >= 0.6 is 39.9 Å². The zero-order chi connectivity index (χ0) is 9.83. The van der Waals surface area contributed by atoms with Crippen molar-refractivity contribution in [2.45, 2.75) is 24.9 Å². The fraction of sp³-hybridized carbons (Fsp3) is 1.00. The summed E-state index contributed by atoms with van der Waals surface area (Å²) in [4.78, 5) is 0. The Morgan fingerprint density at radius 1 is 1.25 bits per heavy atom. The molecule has 0 unspecified atom stereocenters. The van der Waals surface area contributed by atoms with E-state index in [0.29, 0.717) is 12.3 Å². The van der Waals surface area contributed by atoms with Crippen molar-refractivity contribution in [2.24, 2.45) is 0 Å². The van der Waals surface area contributed by atoms with Crippen LogP contribution in [0.5, 0.6) is 0 Å². The summed E-state index contributed by atoms with van der Waals surface area (Å²) in [5.74, 6) is -4.04. The van der Waals surface area contributed by atoms with E-state index in [1.54, 1.807) is 0 Å². The fourth-order valence-electron chi connectivity index (χ4n) is 0.562. The van der Waals surface area contributed by atoms with Crippen LogP contribution in [0.15, 0.2) is 0 Å². The highest BCUT2D eigenvalue weighted by Crippen LogP contribution is 2.70. The molecule has 0 aromatic rings. The van der Waals surface area contributed by atoms with Crippen molar-refractivity contribution >= 4 is 39.9 Å². The lowest BCUT2D eigenvalue weighted by Crippen LogP contribution is -2.11. The largest absolute Gasteiger partial charge is 0.325 e. The van der Waals surface area contributed by atoms with Gasteiger partial charge in [-0.15, -0.1) is 11.6 Å². The Labute approximate surface area is 84.3 Å². The molecule has 0 aromatic heterocycles. The van der Waals surface area contributed by atoms with Crippen molar-refractivity contribution in [3.05, 3.63) is 0 Å². The quantitative estimate of drug-likeness (QED) is 0.399. The van der Waals surface area contributed by atoms with Crippen LogP contribution in [-0.4, -0.2) is 11.5 Å². The number of alkyl halides is 3. The van der Waals surface area contributed by atoms with Crippen LogP contribution in [-0.2, 0) is 4.57 Å². The summed E-state index contributed by atoms with van der Waals surface area (Å²) in [5, 5.41) is 0. The maximum absolute atomic E-state index is 12.7. The summed E-state index contributed by atoms with van der Waals surface area (Å²) < 4.78 is 35.9. The molecule has 0 bridgehead atoms. The molecule has 0 radical (unpaired) electrons. The Kier molecular flexibility index (Phi) is 5.39. The number of rotatable bonds is 5. The molecule has 0 fully saturated rings. The van der Waals surface area contributed by atoms with E-state index >= 15 is 0 Å². The van der Waals surface area contributed by atoms with Gasteiger partial charge in [-0.1, -0.05) is 0 Å². The van der Waals surface area contributed by atoms with Gasteiger partial charge in [0.15, 0.2) is 0 Å². The highest BCUT2D eigenvalue weighted by atomic mass is 35.9. The zero-order valence-electron chi connectivity index (χ0n) is 6.07. The second-order valence-corrected chi connectivity index (χ2v) is 7.61. The van der Waals surface area contributed by atoms with Gasteiger partial charge in [0, 0.05) is 12.3 Å². The van der Waals surface area contributed by atoms with Crippen LogP contribution in [0.4, 0.5) is 8.78 Å². The Morgan fingerprint density at radius 2 is 1.75 bits per heavy atom. The predicted octanol–water partition coefficient (Wildman–Crippen LogP) is 4.66. The molecule has 0 spiro atoms. The van der Waals surface area contributed by atoms with E-state index in [0.717, 1.165) is 0 Å². The van der Waals surface area contributed by atoms with Crippen molar-refractivity contribution in [3.63, 3.8) is 0 Å². The third kappa shape index (κ3) is 4.27. The molecule has 0 saturated carbocycles. The molecule has 0 atom stereocenters. The topological polar surface area (TPSA) is 17.1 Å². The minimum Gasteiger partial charge on any atom is -0.283 e. The molecule has 0 N–H and O–H groups in total. The molecule has 0 aromatic carbocycles. The molecule has 7 heteroatoms. The van der Waals surface area contributed by atoms with Crippen molar-refractivity contribution in [3.8, 4) is 0 Å². The van der Waals surface area contributed by atoms with E-state index in [4.69, 9.17) is 34.1 Å². The second kappa shape index (κ2) is 4.99. The molecule has 12 heavy (non-hydrogen) atoms. The van der Waals surface area contributed by atoms with Gasteiger partial charge >= 0.3 is 11.5 Å². The number of hydrogen-bond donors (Lipinski definition) is 0. The summed E-state index contributed by atoms with van der Waals surface area (Å²) in [6.07, 6.45) is 0.0227. The Balaban J connectivity index is 3.97. The second-order valence-electron chi connectivity index (χ2n) is 2.27. The molecular weight excluding hydrogens is 251 g/mol. The molecule has 0 saturated heterocycles. The minimum atomic E-state index is -4.34. The van der Waals surface area contributed by atoms with Crippen molar-refractivity contribution in [1.29, 1.82) is 0 Å². The van der Waals surface area contributed by atoms with Crippen LogP contribution in [0, 0.1) is 0 Å². The van der Waals surface area contributed by atoms with E-state index in [1.807, 2.05) is 0 Å². The molecule has 0 amide bonds. The van der Waals surface area contributed by atoms with Gasteiger partial charge in [-0.3, -0.25) is 4.57 Å². The van der Waals surface area contributed by atoms with Gasteiger partial charge in [-0.05, 0) is 35.3 Å². The lowest BCUT2D eigenvalue weighted by Gasteiger charge is -2.15. The van der Waals surface area contributed by atoms with Gasteiger partial charge in [-0.2, -0.15) is 8.78 Å². The van der Waals surface area contributed by atoms with E-state index in [1.165, 1.54) is 0 Å². The molecule has 1 nitrogen and oxygen atoms in total. The van der Waals surface area contributed by atoms with Gasteiger partial charge < -0.3 is 0 Å². The van der Waals surface area contributed by atoms with Crippen molar-refractivity contribution in [1.82, 2.24) is 0 Å². The summed E-state index contributed by atoms with van der Waals surface area (Å²) in [6.45, 7) is 0. The summed E-state index contributed by atoms with van der Waals surface area (Å²) in [6, 6.07) is 0. The van der Waals surface area contributed by atoms with Crippen LogP contribution in [0.2, 0.25) is 0 Å². The summed E-state index contributed by atoms with van der Waals surface area (Å²) >= 11 is 14.9. The van der Waals surface area contributed by atoms with E-state index in [2.05, 4.69) is 0 Å².